The van der Waals surface area contributed by atoms with E-state index in [4.69, 9.17) is 0 Å². The lowest BCUT2D eigenvalue weighted by molar-refractivity contribution is 0.0626. The van der Waals surface area contributed by atoms with Crippen molar-refractivity contribution in [1.82, 2.24) is 4.90 Å². The third kappa shape index (κ3) is 3.50. The van der Waals surface area contributed by atoms with Crippen molar-refractivity contribution in [2.24, 2.45) is 0 Å². The molecular formula is C14H19F2NO. The largest absolute Gasteiger partial charge is 0.388 e. The van der Waals surface area contributed by atoms with Gasteiger partial charge in [0.2, 0.25) is 0 Å². The Hall–Kier alpha value is -1.00. The van der Waals surface area contributed by atoms with Gasteiger partial charge in [0.25, 0.3) is 6.43 Å². The van der Waals surface area contributed by atoms with Gasteiger partial charge in [-0.05, 0) is 31.4 Å². The van der Waals surface area contributed by atoms with Gasteiger partial charge in [0.05, 0.1) is 12.6 Å². The van der Waals surface area contributed by atoms with E-state index in [1.807, 2.05) is 30.3 Å². The van der Waals surface area contributed by atoms with E-state index < -0.39 is 12.5 Å². The normalized spacial score (nSPS) is 22.6. The van der Waals surface area contributed by atoms with Gasteiger partial charge >= 0.3 is 0 Å². The van der Waals surface area contributed by atoms with Crippen LogP contribution in [0.25, 0.3) is 0 Å². The third-order valence-corrected chi connectivity index (χ3v) is 3.55. The van der Waals surface area contributed by atoms with E-state index in [0.717, 1.165) is 24.9 Å². The summed E-state index contributed by atoms with van der Waals surface area (Å²) in [5.74, 6) is 0. The van der Waals surface area contributed by atoms with Gasteiger partial charge in [0.1, 0.15) is 0 Å². The molecule has 1 fully saturated rings. The molecule has 0 aliphatic carbocycles. The molecule has 1 aromatic carbocycles. The van der Waals surface area contributed by atoms with E-state index in [1.54, 1.807) is 4.90 Å². The van der Waals surface area contributed by atoms with Crippen molar-refractivity contribution in [3.63, 3.8) is 0 Å². The Morgan fingerprint density at radius 1 is 1.28 bits per heavy atom. The van der Waals surface area contributed by atoms with Crippen molar-refractivity contribution in [3.05, 3.63) is 35.9 Å². The van der Waals surface area contributed by atoms with Crippen molar-refractivity contribution >= 4 is 0 Å². The molecule has 4 heteroatoms. The standard InChI is InChI=1S/C14H19F2NO/c15-14(16)10-17-8-4-7-12(17)9-13(18)11-5-2-1-3-6-11/h1-3,5-6,12-14,18H,4,7-10H2/t12-,13+/m0/s1. The number of hydrogen-bond donors (Lipinski definition) is 1. The minimum Gasteiger partial charge on any atom is -0.388 e. The Morgan fingerprint density at radius 2 is 2.00 bits per heavy atom. The lowest BCUT2D eigenvalue weighted by atomic mass is 10.0. The molecule has 18 heavy (non-hydrogen) atoms. The molecule has 2 atom stereocenters. The number of nitrogens with zero attached hydrogens (tertiary/aromatic N) is 1. The minimum absolute atomic E-state index is 0.0780. The summed E-state index contributed by atoms with van der Waals surface area (Å²) >= 11 is 0. The molecule has 1 N–H and O–H groups in total. The van der Waals surface area contributed by atoms with Crippen LogP contribution in [0.15, 0.2) is 30.3 Å². The highest BCUT2D eigenvalue weighted by Gasteiger charge is 2.28. The molecule has 0 aromatic heterocycles. The van der Waals surface area contributed by atoms with Gasteiger partial charge < -0.3 is 5.11 Å². The fourth-order valence-corrected chi connectivity index (χ4v) is 2.65. The maximum absolute atomic E-state index is 12.4. The van der Waals surface area contributed by atoms with Crippen molar-refractivity contribution in [1.29, 1.82) is 0 Å². The molecule has 1 heterocycles. The number of benzene rings is 1. The van der Waals surface area contributed by atoms with E-state index in [9.17, 15) is 13.9 Å². The van der Waals surface area contributed by atoms with E-state index in [2.05, 4.69) is 0 Å². The molecule has 0 amide bonds. The van der Waals surface area contributed by atoms with Crippen LogP contribution in [0.3, 0.4) is 0 Å². The maximum atomic E-state index is 12.4. The first-order valence-corrected chi connectivity index (χ1v) is 6.42. The molecule has 0 unspecified atom stereocenters. The Bertz CT molecular complexity index is 358. The molecule has 1 aromatic rings. The summed E-state index contributed by atoms with van der Waals surface area (Å²) in [7, 11) is 0. The highest BCUT2D eigenvalue weighted by molar-refractivity contribution is 5.17. The van der Waals surface area contributed by atoms with Crippen molar-refractivity contribution in [2.75, 3.05) is 13.1 Å². The quantitative estimate of drug-likeness (QED) is 0.874. The summed E-state index contributed by atoms with van der Waals surface area (Å²) in [6, 6.07) is 9.48. The molecular weight excluding hydrogens is 236 g/mol. The van der Waals surface area contributed by atoms with Gasteiger partial charge in [0.15, 0.2) is 0 Å². The molecule has 2 rings (SSSR count). The lowest BCUT2D eigenvalue weighted by Gasteiger charge is -2.26. The summed E-state index contributed by atoms with van der Waals surface area (Å²) in [6.45, 7) is 0.544. The smallest absolute Gasteiger partial charge is 0.251 e. The molecule has 0 bridgehead atoms. The lowest BCUT2D eigenvalue weighted by Crippen LogP contribution is -2.34. The first-order valence-electron chi connectivity index (χ1n) is 6.42. The number of hydrogen-bond acceptors (Lipinski definition) is 2. The van der Waals surface area contributed by atoms with Crippen LogP contribution in [0.4, 0.5) is 8.78 Å². The minimum atomic E-state index is -2.29. The zero-order chi connectivity index (χ0) is 13.0. The zero-order valence-electron chi connectivity index (χ0n) is 10.3. The van der Waals surface area contributed by atoms with Gasteiger partial charge in [0, 0.05) is 6.04 Å². The van der Waals surface area contributed by atoms with Crippen LogP contribution < -0.4 is 0 Å². The predicted molar refractivity (Wildman–Crippen MR) is 66.6 cm³/mol. The monoisotopic (exact) mass is 255 g/mol. The van der Waals surface area contributed by atoms with Crippen LogP contribution in [0, 0.1) is 0 Å². The highest BCUT2D eigenvalue weighted by Crippen LogP contribution is 2.27. The number of aliphatic hydroxyl groups is 1. The van der Waals surface area contributed by atoms with Gasteiger partial charge in [-0.2, -0.15) is 0 Å². The maximum Gasteiger partial charge on any atom is 0.251 e. The van der Waals surface area contributed by atoms with E-state index in [0.29, 0.717) is 6.42 Å². The number of rotatable bonds is 5. The van der Waals surface area contributed by atoms with Crippen molar-refractivity contribution in [2.45, 2.75) is 37.8 Å². The molecule has 0 saturated carbocycles. The predicted octanol–water partition coefficient (Wildman–Crippen LogP) is 2.84. The van der Waals surface area contributed by atoms with Crippen molar-refractivity contribution < 1.29 is 13.9 Å². The molecule has 1 saturated heterocycles. The van der Waals surface area contributed by atoms with Crippen LogP contribution in [-0.2, 0) is 0 Å². The molecule has 2 nitrogen and oxygen atoms in total. The fourth-order valence-electron chi connectivity index (χ4n) is 2.65. The highest BCUT2D eigenvalue weighted by atomic mass is 19.3. The molecule has 1 aliphatic heterocycles. The second-order valence-electron chi connectivity index (χ2n) is 4.84. The number of halogens is 2. The average molecular weight is 255 g/mol. The summed E-state index contributed by atoms with van der Waals surface area (Å²) in [5, 5.41) is 10.1. The zero-order valence-corrected chi connectivity index (χ0v) is 10.3. The fraction of sp³-hybridized carbons (Fsp3) is 0.571. The van der Waals surface area contributed by atoms with Gasteiger partial charge in [-0.25, -0.2) is 8.78 Å². The van der Waals surface area contributed by atoms with Crippen molar-refractivity contribution in [3.8, 4) is 0 Å². The molecule has 100 valence electrons. The van der Waals surface area contributed by atoms with Crippen LogP contribution in [0.1, 0.15) is 30.9 Å². The second kappa shape index (κ2) is 6.25. The molecule has 1 aliphatic rings. The topological polar surface area (TPSA) is 23.5 Å². The summed E-state index contributed by atoms with van der Waals surface area (Å²) in [6.07, 6.45) is -0.472. The van der Waals surface area contributed by atoms with Gasteiger partial charge in [-0.15, -0.1) is 0 Å². The first kappa shape index (κ1) is 13.4. The summed E-state index contributed by atoms with van der Waals surface area (Å²) < 4.78 is 24.8. The Balaban J connectivity index is 1.92. The number of alkyl halides is 2. The average Bonchev–Trinajstić information content (AvgIpc) is 2.77. The van der Waals surface area contributed by atoms with Crippen LogP contribution in [-0.4, -0.2) is 35.6 Å². The SMILES string of the molecule is O[C@H](C[C@@H]1CCCN1CC(F)F)c1ccccc1. The Morgan fingerprint density at radius 3 is 2.67 bits per heavy atom. The van der Waals surface area contributed by atoms with E-state index in [-0.39, 0.29) is 12.6 Å². The van der Waals surface area contributed by atoms with E-state index >= 15 is 0 Å². The molecule has 0 spiro atoms. The van der Waals surface area contributed by atoms with Crippen LogP contribution in [0.2, 0.25) is 0 Å². The second-order valence-corrected chi connectivity index (χ2v) is 4.84. The summed E-state index contributed by atoms with van der Waals surface area (Å²) in [5.41, 5.74) is 0.862. The van der Waals surface area contributed by atoms with Crippen LogP contribution in [0.5, 0.6) is 0 Å². The number of aliphatic hydroxyl groups excluding tert-OH is 1. The number of likely N-dealkylation sites (tertiary alicyclic amines) is 1. The van der Waals surface area contributed by atoms with Gasteiger partial charge in [-0.3, -0.25) is 4.90 Å². The molecule has 0 radical (unpaired) electrons. The van der Waals surface area contributed by atoms with E-state index in [1.165, 1.54) is 0 Å². The third-order valence-electron chi connectivity index (χ3n) is 3.55. The summed E-state index contributed by atoms with van der Waals surface area (Å²) in [4.78, 5) is 1.80. The Labute approximate surface area is 106 Å². The van der Waals surface area contributed by atoms with Gasteiger partial charge in [-0.1, -0.05) is 30.3 Å². The Kier molecular flexibility index (Phi) is 4.66. The van der Waals surface area contributed by atoms with Crippen LogP contribution >= 0.6 is 0 Å². The first-order chi connectivity index (χ1) is 8.66.